The highest BCUT2D eigenvalue weighted by molar-refractivity contribution is 7.54. The van der Waals surface area contributed by atoms with E-state index in [0.717, 1.165) is 0 Å². The zero-order valence-electron chi connectivity index (χ0n) is 24.8. The van der Waals surface area contributed by atoms with Gasteiger partial charge in [-0.25, -0.2) is 8.96 Å². The molecular formula is C27H31ClFN4O8P. The molecule has 42 heavy (non-hydrogen) atoms. The third kappa shape index (κ3) is 6.80. The van der Waals surface area contributed by atoms with Gasteiger partial charge in [0.05, 0.1) is 32.9 Å². The number of nitrogens with zero attached hydrogens (tertiary/aromatic N) is 2. The average Bonchev–Trinajstić information content (AvgIpc) is 3.46. The maximum Gasteiger partial charge on any atom is 0.380 e. The van der Waals surface area contributed by atoms with Crippen LogP contribution < -0.4 is 15.8 Å². The quantitative estimate of drug-likeness (QED) is 0.131. The Morgan fingerprint density at radius 2 is 2.10 bits per heavy atom. The summed E-state index contributed by atoms with van der Waals surface area (Å²) < 4.78 is 68.2. The summed E-state index contributed by atoms with van der Waals surface area (Å²) >= 11 is 6.75. The lowest BCUT2D eigenvalue weighted by molar-refractivity contribution is -0.151. The molecule has 1 aliphatic heterocycles. The fourth-order valence-corrected chi connectivity index (χ4v) is 6.27. The first-order valence-corrected chi connectivity index (χ1v) is 14.9. The van der Waals surface area contributed by atoms with Gasteiger partial charge in [-0.2, -0.15) is 4.98 Å². The number of nitrogens with two attached hydrogens (primary N) is 1. The van der Waals surface area contributed by atoms with Crippen LogP contribution in [0.15, 0.2) is 47.4 Å². The van der Waals surface area contributed by atoms with Crippen molar-refractivity contribution in [1.82, 2.24) is 14.5 Å². The topological polar surface area (TPSA) is 168 Å². The van der Waals surface area contributed by atoms with Crippen LogP contribution >= 0.6 is 19.2 Å². The molecule has 0 aliphatic carbocycles. The van der Waals surface area contributed by atoms with E-state index in [0.29, 0.717) is 0 Å². The van der Waals surface area contributed by atoms with Crippen molar-refractivity contribution in [2.75, 3.05) is 25.1 Å². The summed E-state index contributed by atoms with van der Waals surface area (Å²) in [6.45, 7) is 0.393. The van der Waals surface area contributed by atoms with Crippen molar-refractivity contribution in [3.63, 3.8) is 0 Å². The van der Waals surface area contributed by atoms with E-state index in [1.807, 2.05) is 0 Å². The molecular weight excluding hydrogens is 594 g/mol. The molecule has 3 aromatic rings. The highest BCUT2D eigenvalue weighted by atomic mass is 35.5. The van der Waals surface area contributed by atoms with E-state index in [4.69, 9.17) is 38.6 Å². The standard InChI is InChI=1S/C27H31ClFN4O8P/c1-16(2)39-24(36)17(3)15-42(37,41-18-8-5-4-6-9-18)38-14-20-21(34)27(28,11-7-12-29)25(40-20)33-13-10-19-22(33)31-26(30)32-23(19)35/h4-6,8-10,13,16-17,20-21,25,34H,12,14-15H2,1-3H3,(H3,30,31,32,35)/t17-,20-,21+,25-,27?,42+/m1/s1/i14D2. The lowest BCUT2D eigenvalue weighted by atomic mass is 9.99. The van der Waals surface area contributed by atoms with E-state index >= 15 is 0 Å². The molecule has 15 heteroatoms. The van der Waals surface area contributed by atoms with Crippen molar-refractivity contribution in [2.24, 2.45) is 5.92 Å². The molecule has 4 N–H and O–H groups in total. The lowest BCUT2D eigenvalue weighted by Gasteiger charge is -2.26. The van der Waals surface area contributed by atoms with Crippen LogP contribution in [0.25, 0.3) is 11.0 Å². The molecule has 1 unspecified atom stereocenters. The molecule has 1 fully saturated rings. The monoisotopic (exact) mass is 626 g/mol. The van der Waals surface area contributed by atoms with Crippen molar-refractivity contribution >= 4 is 42.1 Å². The third-order valence-corrected chi connectivity index (χ3v) is 8.47. The number of alkyl halides is 2. The van der Waals surface area contributed by atoms with Crippen molar-refractivity contribution in [3.8, 4) is 17.6 Å². The van der Waals surface area contributed by atoms with E-state index in [-0.39, 0.29) is 22.7 Å². The Kier molecular flexibility index (Phi) is 8.79. The number of halogens is 2. The van der Waals surface area contributed by atoms with Crippen LogP contribution in [-0.4, -0.2) is 68.2 Å². The minimum Gasteiger partial charge on any atom is -0.463 e. The predicted molar refractivity (Wildman–Crippen MR) is 153 cm³/mol. The third-order valence-electron chi connectivity index (χ3n) is 6.10. The zero-order valence-corrected chi connectivity index (χ0v) is 24.5. The molecule has 0 radical (unpaired) electrons. The van der Waals surface area contributed by atoms with Gasteiger partial charge in [-0.3, -0.25) is 19.1 Å². The van der Waals surface area contributed by atoms with Crippen molar-refractivity contribution in [1.29, 1.82) is 0 Å². The van der Waals surface area contributed by atoms with Crippen molar-refractivity contribution < 1.29 is 40.1 Å². The van der Waals surface area contributed by atoms with E-state index in [2.05, 4.69) is 21.8 Å². The molecule has 0 bridgehead atoms. The second-order valence-electron chi connectivity index (χ2n) is 9.76. The van der Waals surface area contributed by atoms with Crippen LogP contribution in [-0.2, 0) is 23.4 Å². The number of benzene rings is 1. The van der Waals surface area contributed by atoms with Crippen LogP contribution in [0.4, 0.5) is 10.3 Å². The fourth-order valence-electron chi connectivity index (χ4n) is 4.22. The van der Waals surface area contributed by atoms with Gasteiger partial charge in [0, 0.05) is 6.20 Å². The number of nitrogen functional groups attached to an aromatic ring is 1. The largest absolute Gasteiger partial charge is 0.463 e. The van der Waals surface area contributed by atoms with Crippen LogP contribution in [0.5, 0.6) is 5.75 Å². The number of fused-ring (bicyclic) bond motifs is 1. The maximum atomic E-state index is 14.1. The number of carbonyl (C=O) groups is 1. The summed E-state index contributed by atoms with van der Waals surface area (Å²) in [4.78, 5) is 29.1. The van der Waals surface area contributed by atoms with Crippen LogP contribution in [0.3, 0.4) is 0 Å². The minimum absolute atomic E-state index is 0.0479. The van der Waals surface area contributed by atoms with Crippen LogP contribution in [0.2, 0.25) is 0 Å². The number of rotatable bonds is 10. The van der Waals surface area contributed by atoms with Crippen LogP contribution in [0, 0.1) is 17.8 Å². The average molecular weight is 627 g/mol. The number of aliphatic hydroxyl groups excluding tert-OH is 1. The zero-order chi connectivity index (χ0) is 32.4. The molecule has 226 valence electrons. The first kappa shape index (κ1) is 28.7. The SMILES string of the molecule is [2H]C([2H])(O[P@@](=O)(C[C@@H](C)C(=O)OC(C)C)Oc1ccccc1)[C@H]1O[C@@H](n2ccc3c(=O)[nH]c(N)nc32)C(Cl)(C#CCF)[C@H]1O. The first-order valence-electron chi connectivity index (χ1n) is 13.8. The van der Waals surface area contributed by atoms with Gasteiger partial charge in [0.2, 0.25) is 5.95 Å². The number of esters is 1. The van der Waals surface area contributed by atoms with Gasteiger partial charge in [0.1, 0.15) is 24.6 Å². The number of nitrogens with one attached hydrogen (secondary N) is 1. The van der Waals surface area contributed by atoms with Gasteiger partial charge in [-0.05, 0) is 32.0 Å². The molecule has 0 saturated carbocycles. The summed E-state index contributed by atoms with van der Waals surface area (Å²) in [6, 6.07) is 9.09. The van der Waals surface area contributed by atoms with Crippen LogP contribution in [0.1, 0.15) is 29.7 Å². The highest BCUT2D eigenvalue weighted by Crippen LogP contribution is 2.52. The normalized spacial score (nSPS) is 25.2. The van der Waals surface area contributed by atoms with Crippen molar-refractivity contribution in [2.45, 2.75) is 50.2 Å². The number of hydrogen-bond acceptors (Lipinski definition) is 10. The Morgan fingerprint density at radius 1 is 1.38 bits per heavy atom. The van der Waals surface area contributed by atoms with Gasteiger partial charge in [0.15, 0.2) is 16.7 Å². The predicted octanol–water partition coefficient (Wildman–Crippen LogP) is 3.39. The molecule has 3 heterocycles. The number of anilines is 1. The second kappa shape index (κ2) is 12.9. The Labute approximate surface area is 248 Å². The number of carbonyl (C=O) groups excluding carboxylic acids is 1. The number of aromatic amines is 1. The molecule has 2 aromatic heterocycles. The van der Waals surface area contributed by atoms with Gasteiger partial charge in [-0.15, -0.1) is 0 Å². The molecule has 6 atom stereocenters. The Hall–Kier alpha value is -3.40. The van der Waals surface area contributed by atoms with Gasteiger partial charge >= 0.3 is 13.6 Å². The molecule has 0 amide bonds. The molecule has 1 aromatic carbocycles. The number of aromatic nitrogens is 3. The van der Waals surface area contributed by atoms with E-state index in [1.165, 1.54) is 35.9 Å². The van der Waals surface area contributed by atoms with Gasteiger partial charge in [0.25, 0.3) is 5.56 Å². The molecule has 12 nitrogen and oxygen atoms in total. The molecule has 4 rings (SSSR count). The minimum atomic E-state index is -4.58. The Bertz CT molecular complexity index is 1680. The van der Waals surface area contributed by atoms with E-state index in [9.17, 15) is 23.7 Å². The van der Waals surface area contributed by atoms with E-state index < -0.39 is 73.9 Å². The highest BCUT2D eigenvalue weighted by Gasteiger charge is 2.56. The maximum absolute atomic E-state index is 14.1. The summed E-state index contributed by atoms with van der Waals surface area (Å²) in [5, 5.41) is 11.4. The van der Waals surface area contributed by atoms with Gasteiger partial charge < -0.3 is 29.4 Å². The molecule has 0 spiro atoms. The summed E-state index contributed by atoms with van der Waals surface area (Å²) in [7, 11) is -4.58. The smallest absolute Gasteiger partial charge is 0.380 e. The van der Waals surface area contributed by atoms with Crippen molar-refractivity contribution in [3.05, 3.63) is 52.9 Å². The fraction of sp³-hybridized carbons (Fsp3) is 0.444. The van der Waals surface area contributed by atoms with E-state index in [1.54, 1.807) is 32.0 Å². The summed E-state index contributed by atoms with van der Waals surface area (Å²) in [5.41, 5.74) is 5.06. The summed E-state index contributed by atoms with van der Waals surface area (Å²) in [6.07, 6.45) is -5.39. The number of hydrogen-bond donors (Lipinski definition) is 3. The summed E-state index contributed by atoms with van der Waals surface area (Å²) in [5.74, 6) is 2.51. The number of para-hydroxylation sites is 1. The lowest BCUT2D eigenvalue weighted by Crippen LogP contribution is -2.41. The molecule has 1 saturated heterocycles. The van der Waals surface area contributed by atoms with Gasteiger partial charge in [-0.1, -0.05) is 48.6 Å². The Morgan fingerprint density at radius 3 is 2.76 bits per heavy atom. The first-order chi connectivity index (χ1) is 20.6. The number of H-pyrrole nitrogens is 1. The number of aliphatic hydroxyl groups is 1. The second-order valence-corrected chi connectivity index (χ2v) is 12.3. The molecule has 1 aliphatic rings. The Balaban J connectivity index is 1.73. The number of ether oxygens (including phenoxy) is 2.